The van der Waals surface area contributed by atoms with Crippen LogP contribution >= 0.6 is 0 Å². The number of aryl methyl sites for hydroxylation is 1. The number of hydrogen-bond donors (Lipinski definition) is 2. The van der Waals surface area contributed by atoms with Crippen molar-refractivity contribution in [2.75, 3.05) is 25.5 Å². The molecular formula is C19H24N4O2. The summed E-state index contributed by atoms with van der Waals surface area (Å²) in [6.07, 6.45) is 4.19. The van der Waals surface area contributed by atoms with Crippen molar-refractivity contribution in [1.29, 1.82) is 0 Å². The van der Waals surface area contributed by atoms with Crippen LogP contribution in [0.5, 0.6) is 5.75 Å². The number of ether oxygens (including phenoxy) is 1. The normalized spacial score (nSPS) is 17.0. The van der Waals surface area contributed by atoms with Crippen molar-refractivity contribution < 1.29 is 9.53 Å². The van der Waals surface area contributed by atoms with Crippen molar-refractivity contribution in [3.8, 4) is 5.75 Å². The molecule has 25 heavy (non-hydrogen) atoms. The van der Waals surface area contributed by atoms with Crippen LogP contribution in [-0.2, 0) is 12.8 Å². The van der Waals surface area contributed by atoms with Crippen LogP contribution in [0.3, 0.4) is 0 Å². The molecular weight excluding hydrogens is 316 g/mol. The van der Waals surface area contributed by atoms with Crippen LogP contribution < -0.4 is 10.1 Å². The fourth-order valence-corrected chi connectivity index (χ4v) is 3.52. The van der Waals surface area contributed by atoms with Crippen LogP contribution in [0.1, 0.15) is 41.3 Å². The average molecular weight is 340 g/mol. The Morgan fingerprint density at radius 3 is 2.88 bits per heavy atom. The van der Waals surface area contributed by atoms with Gasteiger partial charge in [-0.15, -0.1) is 0 Å². The van der Waals surface area contributed by atoms with Crippen LogP contribution in [-0.4, -0.2) is 41.3 Å². The van der Waals surface area contributed by atoms with Crippen LogP contribution in [0, 0.1) is 6.92 Å². The molecule has 4 rings (SSSR count). The van der Waals surface area contributed by atoms with E-state index in [1.807, 2.05) is 30.0 Å². The number of urea groups is 1. The molecule has 6 nitrogen and oxygen atoms in total. The minimum absolute atomic E-state index is 0.0741. The van der Waals surface area contributed by atoms with E-state index in [0.29, 0.717) is 24.8 Å². The number of methoxy groups -OCH3 is 1. The smallest absolute Gasteiger partial charge is 0.321 e. The number of benzene rings is 1. The molecule has 1 aliphatic carbocycles. The third-order valence-electron chi connectivity index (χ3n) is 5.10. The number of carbonyl (C=O) groups excluding carboxylic acids is 1. The lowest BCUT2D eigenvalue weighted by Crippen LogP contribution is -2.37. The molecule has 0 spiro atoms. The summed E-state index contributed by atoms with van der Waals surface area (Å²) in [6.45, 7) is 3.41. The largest absolute Gasteiger partial charge is 0.495 e. The second kappa shape index (κ2) is 6.43. The summed E-state index contributed by atoms with van der Waals surface area (Å²) >= 11 is 0. The highest BCUT2D eigenvalue weighted by Gasteiger charge is 2.31. The van der Waals surface area contributed by atoms with Gasteiger partial charge in [-0.25, -0.2) is 4.79 Å². The molecule has 0 saturated heterocycles. The number of amides is 2. The highest BCUT2D eigenvalue weighted by Crippen LogP contribution is 2.41. The zero-order chi connectivity index (χ0) is 17.4. The van der Waals surface area contributed by atoms with Gasteiger partial charge < -0.3 is 15.0 Å². The molecule has 1 aliphatic heterocycles. The van der Waals surface area contributed by atoms with E-state index in [2.05, 4.69) is 15.5 Å². The van der Waals surface area contributed by atoms with E-state index in [1.165, 1.54) is 29.8 Å². The van der Waals surface area contributed by atoms with E-state index in [9.17, 15) is 4.79 Å². The molecule has 0 unspecified atom stereocenters. The maximum atomic E-state index is 12.7. The molecule has 0 bridgehead atoms. The van der Waals surface area contributed by atoms with Crippen molar-refractivity contribution in [3.63, 3.8) is 0 Å². The van der Waals surface area contributed by atoms with E-state index in [1.54, 1.807) is 7.11 Å². The summed E-state index contributed by atoms with van der Waals surface area (Å²) in [4.78, 5) is 14.6. The standard InChI is InChI=1S/C19H24N4O2/c1-12-3-6-17(25-2)16(11-12)20-19(24)23-9-7-14-15(8-10-23)21-22-18(14)13-4-5-13/h3,6,11,13H,4-5,7-10H2,1-2H3,(H,20,24)(H,21,22). The fraction of sp³-hybridized carbons (Fsp3) is 0.474. The molecule has 132 valence electrons. The number of carbonyl (C=O) groups is 1. The van der Waals surface area contributed by atoms with Crippen LogP contribution in [0.25, 0.3) is 0 Å². The van der Waals surface area contributed by atoms with Gasteiger partial charge >= 0.3 is 6.03 Å². The molecule has 1 fully saturated rings. The minimum atomic E-state index is -0.0741. The van der Waals surface area contributed by atoms with Gasteiger partial charge in [-0.3, -0.25) is 5.10 Å². The Hall–Kier alpha value is -2.50. The number of anilines is 1. The van der Waals surface area contributed by atoms with Gasteiger partial charge in [0.2, 0.25) is 0 Å². The number of nitrogens with one attached hydrogen (secondary N) is 2. The second-order valence-electron chi connectivity index (χ2n) is 6.96. The third-order valence-corrected chi connectivity index (χ3v) is 5.10. The number of aromatic nitrogens is 2. The van der Waals surface area contributed by atoms with E-state index < -0.39 is 0 Å². The molecule has 2 amide bonds. The van der Waals surface area contributed by atoms with Crippen molar-refractivity contribution in [2.24, 2.45) is 0 Å². The Kier molecular flexibility index (Phi) is 4.11. The maximum absolute atomic E-state index is 12.7. The van der Waals surface area contributed by atoms with Crippen LogP contribution in [0.4, 0.5) is 10.5 Å². The average Bonchev–Trinajstić information content (AvgIpc) is 3.40. The highest BCUT2D eigenvalue weighted by atomic mass is 16.5. The van der Waals surface area contributed by atoms with Crippen molar-refractivity contribution in [2.45, 2.75) is 38.5 Å². The number of H-pyrrole nitrogens is 1. The van der Waals surface area contributed by atoms with E-state index >= 15 is 0 Å². The number of hydrogen-bond acceptors (Lipinski definition) is 3. The van der Waals surface area contributed by atoms with Gasteiger partial charge in [0.15, 0.2) is 0 Å². The number of rotatable bonds is 3. The van der Waals surface area contributed by atoms with Crippen LogP contribution in [0.2, 0.25) is 0 Å². The van der Waals surface area contributed by atoms with Gasteiger partial charge in [-0.05, 0) is 49.4 Å². The predicted molar refractivity (Wildman–Crippen MR) is 96.3 cm³/mol. The Balaban J connectivity index is 1.46. The molecule has 6 heteroatoms. The Morgan fingerprint density at radius 1 is 1.32 bits per heavy atom. The lowest BCUT2D eigenvalue weighted by molar-refractivity contribution is 0.214. The molecule has 2 heterocycles. The first-order chi connectivity index (χ1) is 12.2. The molecule has 1 saturated carbocycles. The predicted octanol–water partition coefficient (Wildman–Crippen LogP) is 3.24. The van der Waals surface area contributed by atoms with E-state index in [-0.39, 0.29) is 6.03 Å². The summed E-state index contributed by atoms with van der Waals surface area (Å²) in [6, 6.07) is 5.71. The Bertz CT molecular complexity index is 795. The Labute approximate surface area is 147 Å². The van der Waals surface area contributed by atoms with Crippen molar-refractivity contribution in [3.05, 3.63) is 40.7 Å². The molecule has 0 atom stereocenters. The monoisotopic (exact) mass is 340 g/mol. The van der Waals surface area contributed by atoms with Gasteiger partial charge in [0, 0.05) is 31.1 Å². The van der Waals surface area contributed by atoms with Gasteiger partial charge in [-0.1, -0.05) is 6.07 Å². The summed E-state index contributed by atoms with van der Waals surface area (Å²) in [5.74, 6) is 1.32. The SMILES string of the molecule is COc1ccc(C)cc1NC(=O)N1CCc2[nH]nc(C3CC3)c2CC1. The summed E-state index contributed by atoms with van der Waals surface area (Å²) in [5, 5.41) is 10.7. The second-order valence-corrected chi connectivity index (χ2v) is 6.96. The molecule has 1 aromatic heterocycles. The first-order valence-corrected chi connectivity index (χ1v) is 8.92. The fourth-order valence-electron chi connectivity index (χ4n) is 3.52. The van der Waals surface area contributed by atoms with E-state index in [4.69, 9.17) is 4.74 Å². The zero-order valence-electron chi connectivity index (χ0n) is 14.8. The summed E-state index contributed by atoms with van der Waals surface area (Å²) in [5.41, 5.74) is 5.58. The van der Waals surface area contributed by atoms with Crippen molar-refractivity contribution >= 4 is 11.7 Å². The maximum Gasteiger partial charge on any atom is 0.321 e. The third kappa shape index (κ3) is 3.21. The van der Waals surface area contributed by atoms with Gasteiger partial charge in [0.25, 0.3) is 0 Å². The van der Waals surface area contributed by atoms with Crippen LogP contribution in [0.15, 0.2) is 18.2 Å². The minimum Gasteiger partial charge on any atom is -0.495 e. The molecule has 2 aliphatic rings. The molecule has 2 aromatic rings. The van der Waals surface area contributed by atoms with Crippen molar-refractivity contribution in [1.82, 2.24) is 15.1 Å². The quantitative estimate of drug-likeness (QED) is 0.901. The number of nitrogens with zero attached hydrogens (tertiary/aromatic N) is 2. The van der Waals surface area contributed by atoms with Gasteiger partial charge in [-0.2, -0.15) is 5.10 Å². The lowest BCUT2D eigenvalue weighted by atomic mass is 10.1. The highest BCUT2D eigenvalue weighted by molar-refractivity contribution is 5.91. The number of fused-ring (bicyclic) bond motifs is 1. The number of aromatic amines is 1. The zero-order valence-corrected chi connectivity index (χ0v) is 14.8. The Morgan fingerprint density at radius 2 is 2.12 bits per heavy atom. The van der Waals surface area contributed by atoms with Gasteiger partial charge in [0.05, 0.1) is 18.5 Å². The summed E-state index contributed by atoms with van der Waals surface area (Å²) < 4.78 is 5.35. The first-order valence-electron chi connectivity index (χ1n) is 8.92. The topological polar surface area (TPSA) is 70.2 Å². The first kappa shape index (κ1) is 16.0. The van der Waals surface area contributed by atoms with E-state index in [0.717, 1.165) is 24.1 Å². The molecule has 2 N–H and O–H groups in total. The summed E-state index contributed by atoms with van der Waals surface area (Å²) in [7, 11) is 1.62. The molecule has 0 radical (unpaired) electrons. The lowest BCUT2D eigenvalue weighted by Gasteiger charge is -2.22. The van der Waals surface area contributed by atoms with Gasteiger partial charge in [0.1, 0.15) is 5.75 Å². The molecule has 1 aromatic carbocycles.